The van der Waals surface area contributed by atoms with Gasteiger partial charge in [-0.15, -0.1) is 0 Å². The van der Waals surface area contributed by atoms with E-state index in [1.807, 2.05) is 6.92 Å². The number of ether oxygens (including phenoxy) is 2. The number of benzene rings is 2. The molecule has 0 spiro atoms. The fourth-order valence-corrected chi connectivity index (χ4v) is 3.63. The van der Waals surface area contributed by atoms with Gasteiger partial charge in [0.05, 0.1) is 30.8 Å². The van der Waals surface area contributed by atoms with Crippen LogP contribution in [0, 0.1) is 0 Å². The molecule has 8 heteroatoms. The molecule has 0 aromatic heterocycles. The Bertz CT molecular complexity index is 913. The second kappa shape index (κ2) is 7.25. The van der Waals surface area contributed by atoms with E-state index < -0.39 is 22.0 Å². The van der Waals surface area contributed by atoms with Crippen molar-refractivity contribution in [3.8, 4) is 11.5 Å². The first-order valence-corrected chi connectivity index (χ1v) is 10.0. The van der Waals surface area contributed by atoms with Crippen LogP contribution in [0.15, 0.2) is 48.5 Å². The first kappa shape index (κ1) is 18.1. The molecule has 26 heavy (non-hydrogen) atoms. The van der Waals surface area contributed by atoms with Gasteiger partial charge in [-0.2, -0.15) is 0 Å². The Morgan fingerprint density at radius 2 is 1.92 bits per heavy atom. The number of rotatable bonds is 5. The number of fused-ring (bicyclic) bond motifs is 1. The molecule has 1 amide bonds. The van der Waals surface area contributed by atoms with Crippen molar-refractivity contribution < 1.29 is 22.7 Å². The van der Waals surface area contributed by atoms with Crippen molar-refractivity contribution in [1.82, 2.24) is 0 Å². The molecule has 2 aromatic carbocycles. The summed E-state index contributed by atoms with van der Waals surface area (Å²) in [5.41, 5.74) is 0.932. The zero-order valence-corrected chi connectivity index (χ0v) is 15.3. The van der Waals surface area contributed by atoms with Crippen molar-refractivity contribution in [2.75, 3.05) is 29.0 Å². The average Bonchev–Trinajstić information content (AvgIpc) is 2.61. The zero-order chi connectivity index (χ0) is 18.7. The molecule has 0 radical (unpaired) electrons. The van der Waals surface area contributed by atoms with E-state index in [9.17, 15) is 13.2 Å². The van der Waals surface area contributed by atoms with E-state index in [-0.39, 0.29) is 6.54 Å². The van der Waals surface area contributed by atoms with Crippen molar-refractivity contribution in [2.24, 2.45) is 0 Å². The molecule has 3 rings (SSSR count). The standard InChI is InChI=1S/C18H20N2O5S/c1-3-24-15-10-6-4-8-13(15)19-18(21)17-12-20(26(2,22)23)14-9-5-7-11-16(14)25-17/h4-11,17H,3,12H2,1-2H3,(H,19,21)/t17-/m0/s1. The van der Waals surface area contributed by atoms with Crippen LogP contribution in [0.25, 0.3) is 0 Å². The van der Waals surface area contributed by atoms with E-state index in [2.05, 4.69) is 5.32 Å². The molecule has 1 aliphatic heterocycles. The monoisotopic (exact) mass is 376 g/mol. The van der Waals surface area contributed by atoms with E-state index >= 15 is 0 Å². The van der Waals surface area contributed by atoms with Crippen LogP contribution in [0.2, 0.25) is 0 Å². The molecule has 0 fully saturated rings. The number of carbonyl (C=O) groups excluding carboxylic acids is 1. The van der Waals surface area contributed by atoms with Gasteiger partial charge in [-0.25, -0.2) is 8.42 Å². The average molecular weight is 376 g/mol. The van der Waals surface area contributed by atoms with Crippen molar-refractivity contribution in [2.45, 2.75) is 13.0 Å². The lowest BCUT2D eigenvalue weighted by Gasteiger charge is -2.33. The highest BCUT2D eigenvalue weighted by molar-refractivity contribution is 7.92. The number of para-hydroxylation sites is 4. The smallest absolute Gasteiger partial charge is 0.267 e. The number of hydrogen-bond acceptors (Lipinski definition) is 5. The minimum Gasteiger partial charge on any atom is -0.492 e. The van der Waals surface area contributed by atoms with E-state index in [0.29, 0.717) is 29.5 Å². The Labute approximate surface area is 152 Å². The maximum Gasteiger partial charge on any atom is 0.267 e. The van der Waals surface area contributed by atoms with Gasteiger partial charge in [-0.1, -0.05) is 24.3 Å². The highest BCUT2D eigenvalue weighted by Gasteiger charge is 2.35. The third kappa shape index (κ3) is 3.75. The third-order valence-corrected chi connectivity index (χ3v) is 5.02. The molecule has 0 saturated carbocycles. The number of nitrogens with one attached hydrogen (secondary N) is 1. The predicted molar refractivity (Wildman–Crippen MR) is 99.3 cm³/mol. The van der Waals surface area contributed by atoms with Crippen LogP contribution >= 0.6 is 0 Å². The van der Waals surface area contributed by atoms with Crippen LogP contribution in [-0.4, -0.2) is 39.8 Å². The van der Waals surface area contributed by atoms with Gasteiger partial charge < -0.3 is 14.8 Å². The Morgan fingerprint density at radius 3 is 2.65 bits per heavy atom. The Hall–Kier alpha value is -2.74. The molecule has 1 heterocycles. The van der Waals surface area contributed by atoms with Crippen LogP contribution < -0.4 is 19.1 Å². The lowest BCUT2D eigenvalue weighted by molar-refractivity contribution is -0.122. The number of carbonyl (C=O) groups is 1. The normalized spacial score (nSPS) is 16.4. The molecule has 0 aliphatic carbocycles. The van der Waals surface area contributed by atoms with Crippen LogP contribution in [0.1, 0.15) is 6.92 Å². The molecule has 2 aromatic rings. The van der Waals surface area contributed by atoms with E-state index in [1.54, 1.807) is 48.5 Å². The van der Waals surface area contributed by atoms with Gasteiger partial charge in [0.1, 0.15) is 11.5 Å². The van der Waals surface area contributed by atoms with Crippen LogP contribution in [-0.2, 0) is 14.8 Å². The second-order valence-electron chi connectivity index (χ2n) is 5.79. The predicted octanol–water partition coefficient (Wildman–Crippen LogP) is 2.25. The molecule has 0 unspecified atom stereocenters. The molecule has 7 nitrogen and oxygen atoms in total. The lowest BCUT2D eigenvalue weighted by Crippen LogP contribution is -2.48. The van der Waals surface area contributed by atoms with Gasteiger partial charge in [0, 0.05) is 0 Å². The van der Waals surface area contributed by atoms with Gasteiger partial charge in [0.15, 0.2) is 6.10 Å². The van der Waals surface area contributed by atoms with Gasteiger partial charge in [0.2, 0.25) is 10.0 Å². The molecule has 0 saturated heterocycles. The van der Waals surface area contributed by atoms with E-state index in [4.69, 9.17) is 9.47 Å². The molecule has 0 bridgehead atoms. The highest BCUT2D eigenvalue weighted by Crippen LogP contribution is 2.35. The van der Waals surface area contributed by atoms with Gasteiger partial charge >= 0.3 is 0 Å². The Balaban J connectivity index is 1.85. The minimum absolute atomic E-state index is 0.0987. The highest BCUT2D eigenvalue weighted by atomic mass is 32.2. The van der Waals surface area contributed by atoms with E-state index in [0.717, 1.165) is 6.26 Å². The topological polar surface area (TPSA) is 84.9 Å². The number of hydrogen-bond donors (Lipinski definition) is 1. The second-order valence-corrected chi connectivity index (χ2v) is 7.69. The SMILES string of the molecule is CCOc1ccccc1NC(=O)[C@@H]1CN(S(C)(=O)=O)c2ccccc2O1. The third-order valence-electron chi connectivity index (χ3n) is 3.87. The molecule has 1 N–H and O–H groups in total. The van der Waals surface area contributed by atoms with Gasteiger partial charge in [-0.3, -0.25) is 9.10 Å². The number of nitrogens with zero attached hydrogens (tertiary/aromatic N) is 1. The number of anilines is 2. The Kier molecular flexibility index (Phi) is 5.03. The van der Waals surface area contributed by atoms with E-state index in [1.165, 1.54) is 4.31 Å². The number of amides is 1. The first-order chi connectivity index (χ1) is 12.4. The zero-order valence-electron chi connectivity index (χ0n) is 14.5. The first-order valence-electron chi connectivity index (χ1n) is 8.16. The van der Waals surface area contributed by atoms with Crippen molar-refractivity contribution in [3.05, 3.63) is 48.5 Å². The number of sulfonamides is 1. The van der Waals surface area contributed by atoms with Gasteiger partial charge in [-0.05, 0) is 31.2 Å². The summed E-state index contributed by atoms with van der Waals surface area (Å²) in [4.78, 5) is 12.7. The molecule has 1 atom stereocenters. The summed E-state index contributed by atoms with van der Waals surface area (Å²) in [7, 11) is -3.55. The summed E-state index contributed by atoms with van der Waals surface area (Å²) in [6.45, 7) is 2.21. The van der Waals surface area contributed by atoms with Crippen molar-refractivity contribution >= 4 is 27.3 Å². The maximum absolute atomic E-state index is 12.7. The summed E-state index contributed by atoms with van der Waals surface area (Å²) >= 11 is 0. The summed E-state index contributed by atoms with van der Waals surface area (Å²) in [5, 5.41) is 2.76. The summed E-state index contributed by atoms with van der Waals surface area (Å²) in [5.74, 6) is 0.447. The molecule has 1 aliphatic rings. The van der Waals surface area contributed by atoms with Crippen LogP contribution in [0.5, 0.6) is 11.5 Å². The fraction of sp³-hybridized carbons (Fsp3) is 0.278. The largest absolute Gasteiger partial charge is 0.492 e. The van der Waals surface area contributed by atoms with Crippen LogP contribution in [0.3, 0.4) is 0 Å². The summed E-state index contributed by atoms with van der Waals surface area (Å²) in [6, 6.07) is 13.8. The Morgan fingerprint density at radius 1 is 1.23 bits per heavy atom. The van der Waals surface area contributed by atoms with Crippen molar-refractivity contribution in [3.63, 3.8) is 0 Å². The molecule has 138 valence electrons. The molecular weight excluding hydrogens is 356 g/mol. The summed E-state index contributed by atoms with van der Waals surface area (Å²) < 4.78 is 36.7. The van der Waals surface area contributed by atoms with Gasteiger partial charge in [0.25, 0.3) is 5.91 Å². The fourth-order valence-electron chi connectivity index (χ4n) is 2.72. The summed E-state index contributed by atoms with van der Waals surface area (Å²) in [6.07, 6.45) is 0.128. The van der Waals surface area contributed by atoms with Crippen LogP contribution in [0.4, 0.5) is 11.4 Å². The quantitative estimate of drug-likeness (QED) is 0.865. The maximum atomic E-state index is 12.7. The van der Waals surface area contributed by atoms with Crippen molar-refractivity contribution in [1.29, 1.82) is 0 Å². The molecular formula is C18H20N2O5S. The lowest BCUT2D eigenvalue weighted by atomic mass is 10.2. The minimum atomic E-state index is -3.55.